The minimum atomic E-state index is -0.246. The summed E-state index contributed by atoms with van der Waals surface area (Å²) in [5.41, 5.74) is 9.20. The molecule has 0 fully saturated rings. The fraction of sp³-hybridized carbons (Fsp3) is 0.143. The van der Waals surface area contributed by atoms with Crippen molar-refractivity contribution in [2.45, 2.75) is 12.5 Å². The van der Waals surface area contributed by atoms with Gasteiger partial charge in [0.25, 0.3) is 0 Å². The number of anilines is 1. The number of nitrogens with two attached hydrogens (primary N) is 1. The fourth-order valence-corrected chi connectivity index (χ4v) is 3.44. The largest absolute Gasteiger partial charge is 0.497 e. The fourth-order valence-electron chi connectivity index (χ4n) is 3.44. The van der Waals surface area contributed by atoms with Crippen molar-refractivity contribution in [2.24, 2.45) is 5.73 Å². The standard InChI is InChI=1S/C21H18N2O3/c1-26-13-8-6-12(7-9-13)23-17-11-10-16-18(19(17)22)21(25)15-5-3-2-4-14(15)20(16)24/h2-10,17,23H,11,22H2,1H3. The van der Waals surface area contributed by atoms with Crippen LogP contribution >= 0.6 is 0 Å². The third-order valence-corrected chi connectivity index (χ3v) is 4.81. The van der Waals surface area contributed by atoms with Crippen LogP contribution in [0.3, 0.4) is 0 Å². The van der Waals surface area contributed by atoms with Gasteiger partial charge in [-0.25, -0.2) is 0 Å². The molecule has 3 N–H and O–H groups in total. The summed E-state index contributed by atoms with van der Waals surface area (Å²) in [4.78, 5) is 25.6. The normalized spacial score (nSPS) is 18.8. The zero-order valence-corrected chi connectivity index (χ0v) is 14.3. The number of carbonyl (C=O) groups excluding carboxylic acids is 2. The second-order valence-electron chi connectivity index (χ2n) is 6.31. The maximum atomic E-state index is 12.9. The summed E-state index contributed by atoms with van der Waals surface area (Å²) >= 11 is 0. The number of rotatable bonds is 3. The van der Waals surface area contributed by atoms with E-state index in [1.807, 2.05) is 30.3 Å². The van der Waals surface area contributed by atoms with Gasteiger partial charge in [-0.05, 0) is 30.7 Å². The van der Waals surface area contributed by atoms with E-state index in [-0.39, 0.29) is 17.6 Å². The van der Waals surface area contributed by atoms with Crippen LogP contribution in [-0.2, 0) is 0 Å². The predicted octanol–water partition coefficient (Wildman–Crippen LogP) is 3.10. The summed E-state index contributed by atoms with van der Waals surface area (Å²) in [6, 6.07) is 14.1. The van der Waals surface area contributed by atoms with Crippen LogP contribution in [0.15, 0.2) is 71.5 Å². The highest BCUT2D eigenvalue weighted by molar-refractivity contribution is 6.31. The predicted molar refractivity (Wildman–Crippen MR) is 99.4 cm³/mol. The summed E-state index contributed by atoms with van der Waals surface area (Å²) < 4.78 is 5.16. The summed E-state index contributed by atoms with van der Waals surface area (Å²) in [6.45, 7) is 0. The van der Waals surface area contributed by atoms with Crippen molar-refractivity contribution < 1.29 is 14.3 Å². The van der Waals surface area contributed by atoms with E-state index in [0.29, 0.717) is 34.4 Å². The molecule has 2 aromatic carbocycles. The monoisotopic (exact) mass is 346 g/mol. The van der Waals surface area contributed by atoms with E-state index in [0.717, 1.165) is 11.4 Å². The molecule has 0 aromatic heterocycles. The van der Waals surface area contributed by atoms with E-state index in [1.54, 1.807) is 31.4 Å². The molecule has 5 nitrogen and oxygen atoms in total. The lowest BCUT2D eigenvalue weighted by molar-refractivity contribution is 0.0970. The molecule has 0 amide bonds. The van der Waals surface area contributed by atoms with Gasteiger partial charge in [0.15, 0.2) is 11.6 Å². The Morgan fingerprint density at radius 2 is 1.65 bits per heavy atom. The van der Waals surface area contributed by atoms with Crippen molar-refractivity contribution in [3.8, 4) is 5.75 Å². The van der Waals surface area contributed by atoms with Gasteiger partial charge in [-0.1, -0.05) is 30.3 Å². The third-order valence-electron chi connectivity index (χ3n) is 4.81. The van der Waals surface area contributed by atoms with Crippen LogP contribution in [-0.4, -0.2) is 24.7 Å². The third kappa shape index (κ3) is 2.49. The summed E-state index contributed by atoms with van der Waals surface area (Å²) in [7, 11) is 1.61. The first-order chi connectivity index (χ1) is 12.6. The van der Waals surface area contributed by atoms with Crippen LogP contribution in [0.4, 0.5) is 5.69 Å². The number of hydrogen-bond acceptors (Lipinski definition) is 5. The molecule has 5 heteroatoms. The van der Waals surface area contributed by atoms with Crippen LogP contribution < -0.4 is 15.8 Å². The molecule has 1 unspecified atom stereocenters. The Labute approximate surface area is 151 Å². The minimum Gasteiger partial charge on any atom is -0.497 e. The molecule has 0 bridgehead atoms. The lowest BCUT2D eigenvalue weighted by Gasteiger charge is -2.29. The smallest absolute Gasteiger partial charge is 0.196 e. The number of carbonyl (C=O) groups is 2. The lowest BCUT2D eigenvalue weighted by Crippen LogP contribution is -2.36. The van der Waals surface area contributed by atoms with Crippen molar-refractivity contribution in [3.05, 3.63) is 82.6 Å². The molecule has 0 heterocycles. The summed E-state index contributed by atoms with van der Waals surface area (Å²) in [6.07, 6.45) is 2.35. The quantitative estimate of drug-likeness (QED) is 0.892. The zero-order chi connectivity index (χ0) is 18.3. The van der Waals surface area contributed by atoms with Crippen molar-refractivity contribution in [3.63, 3.8) is 0 Å². The van der Waals surface area contributed by atoms with Crippen LogP contribution in [0.2, 0.25) is 0 Å². The zero-order valence-electron chi connectivity index (χ0n) is 14.3. The molecule has 4 rings (SSSR count). The first kappa shape index (κ1) is 16.1. The van der Waals surface area contributed by atoms with Gasteiger partial charge >= 0.3 is 0 Å². The Morgan fingerprint density at radius 1 is 1.00 bits per heavy atom. The number of Topliss-reactive ketones (excluding diaryl/α,β-unsaturated/α-hetero) is 2. The molecule has 0 radical (unpaired) electrons. The van der Waals surface area contributed by atoms with E-state index in [9.17, 15) is 9.59 Å². The van der Waals surface area contributed by atoms with Crippen LogP contribution in [0.25, 0.3) is 0 Å². The topological polar surface area (TPSA) is 81.4 Å². The van der Waals surface area contributed by atoms with Crippen LogP contribution in [0.1, 0.15) is 27.1 Å². The molecule has 0 aliphatic heterocycles. The van der Waals surface area contributed by atoms with Crippen molar-refractivity contribution in [1.82, 2.24) is 0 Å². The Morgan fingerprint density at radius 3 is 2.31 bits per heavy atom. The van der Waals surface area contributed by atoms with Gasteiger partial charge < -0.3 is 15.8 Å². The first-order valence-corrected chi connectivity index (χ1v) is 8.39. The highest BCUT2D eigenvalue weighted by Gasteiger charge is 2.37. The first-order valence-electron chi connectivity index (χ1n) is 8.39. The molecule has 130 valence electrons. The van der Waals surface area contributed by atoms with Gasteiger partial charge in [0.05, 0.1) is 18.7 Å². The van der Waals surface area contributed by atoms with Crippen molar-refractivity contribution in [2.75, 3.05) is 12.4 Å². The van der Waals surface area contributed by atoms with E-state index in [1.165, 1.54) is 0 Å². The van der Waals surface area contributed by atoms with Gasteiger partial charge in [0.2, 0.25) is 0 Å². The Kier molecular flexibility index (Phi) is 3.84. The SMILES string of the molecule is COc1ccc(NC2CC=C3C(=O)c4ccccc4C(=O)C3=C2N)cc1. The average Bonchev–Trinajstić information content (AvgIpc) is 2.68. The number of ether oxygens (including phenoxy) is 1. The number of nitrogens with one attached hydrogen (secondary N) is 1. The number of hydrogen-bond donors (Lipinski definition) is 2. The molecule has 26 heavy (non-hydrogen) atoms. The Bertz CT molecular complexity index is 971. The summed E-state index contributed by atoms with van der Waals surface area (Å²) in [5, 5.41) is 3.33. The number of allylic oxidation sites excluding steroid dienone is 2. The number of methoxy groups -OCH3 is 1. The number of benzene rings is 2. The van der Waals surface area contributed by atoms with Crippen molar-refractivity contribution in [1.29, 1.82) is 0 Å². The molecule has 2 aliphatic carbocycles. The minimum absolute atomic E-state index is 0.138. The van der Waals surface area contributed by atoms with Crippen molar-refractivity contribution >= 4 is 17.3 Å². The maximum Gasteiger partial charge on any atom is 0.196 e. The number of fused-ring (bicyclic) bond motifs is 2. The Balaban J connectivity index is 1.69. The molecule has 0 saturated heterocycles. The van der Waals surface area contributed by atoms with Gasteiger partial charge in [-0.3, -0.25) is 9.59 Å². The molecular formula is C21H18N2O3. The second-order valence-corrected chi connectivity index (χ2v) is 6.31. The van der Waals surface area contributed by atoms with Crippen LogP contribution in [0.5, 0.6) is 5.75 Å². The summed E-state index contributed by atoms with van der Waals surface area (Å²) in [5.74, 6) is 0.434. The van der Waals surface area contributed by atoms with Gasteiger partial charge in [0.1, 0.15) is 5.75 Å². The molecule has 1 atom stereocenters. The molecule has 0 saturated carbocycles. The van der Waals surface area contributed by atoms with Gasteiger partial charge in [0, 0.05) is 28.1 Å². The highest BCUT2D eigenvalue weighted by atomic mass is 16.5. The molecular weight excluding hydrogens is 328 g/mol. The lowest BCUT2D eigenvalue weighted by atomic mass is 9.77. The maximum absolute atomic E-state index is 12.9. The average molecular weight is 346 g/mol. The molecule has 2 aromatic rings. The highest BCUT2D eigenvalue weighted by Crippen LogP contribution is 2.35. The van der Waals surface area contributed by atoms with E-state index < -0.39 is 0 Å². The molecule has 0 spiro atoms. The van der Waals surface area contributed by atoms with E-state index in [4.69, 9.17) is 10.5 Å². The second kappa shape index (κ2) is 6.19. The van der Waals surface area contributed by atoms with Gasteiger partial charge in [-0.15, -0.1) is 0 Å². The van der Waals surface area contributed by atoms with Gasteiger partial charge in [-0.2, -0.15) is 0 Å². The molecule has 2 aliphatic rings. The number of ketones is 2. The van der Waals surface area contributed by atoms with E-state index in [2.05, 4.69) is 5.32 Å². The van der Waals surface area contributed by atoms with Crippen LogP contribution in [0, 0.1) is 0 Å². The Hall–Kier alpha value is -3.34. The van der Waals surface area contributed by atoms with E-state index >= 15 is 0 Å².